The highest BCUT2D eigenvalue weighted by Crippen LogP contribution is 2.31. The lowest BCUT2D eigenvalue weighted by molar-refractivity contribution is -0.141. The molecule has 1 fully saturated rings. The monoisotopic (exact) mass is 270 g/mol. The van der Waals surface area contributed by atoms with Crippen LogP contribution in [-0.4, -0.2) is 27.5 Å². The van der Waals surface area contributed by atoms with Gasteiger partial charge >= 0.3 is 6.18 Å². The third-order valence-electron chi connectivity index (χ3n) is 3.41. The third kappa shape index (κ3) is 2.30. The molecule has 7 heteroatoms. The van der Waals surface area contributed by atoms with Gasteiger partial charge in [0.05, 0.1) is 0 Å². The van der Waals surface area contributed by atoms with E-state index in [1.165, 1.54) is 6.20 Å². The van der Waals surface area contributed by atoms with E-state index in [1.807, 2.05) is 0 Å². The summed E-state index contributed by atoms with van der Waals surface area (Å²) in [5.74, 6) is 0.171. The van der Waals surface area contributed by atoms with Gasteiger partial charge in [0.2, 0.25) is 5.78 Å². The lowest BCUT2D eigenvalue weighted by Gasteiger charge is -2.24. The molecule has 2 aromatic rings. The Bertz CT molecular complexity index is 584. The Labute approximate surface area is 107 Å². The Morgan fingerprint density at radius 1 is 1.37 bits per heavy atom. The molecule has 0 spiro atoms. The highest BCUT2D eigenvalue weighted by Gasteiger charge is 2.34. The predicted octanol–water partition coefficient (Wildman–Crippen LogP) is 2.22. The number of alkyl halides is 3. The van der Waals surface area contributed by atoms with E-state index in [-0.39, 0.29) is 11.7 Å². The van der Waals surface area contributed by atoms with E-state index in [4.69, 9.17) is 0 Å². The minimum Gasteiger partial charge on any atom is -0.316 e. The minimum atomic E-state index is -4.44. The van der Waals surface area contributed by atoms with Crippen molar-refractivity contribution in [2.24, 2.45) is 0 Å². The average Bonchev–Trinajstić information content (AvgIpc) is 2.85. The number of imidazole rings is 1. The lowest BCUT2D eigenvalue weighted by atomic mass is 9.95. The van der Waals surface area contributed by atoms with Gasteiger partial charge in [0.1, 0.15) is 5.69 Å². The first kappa shape index (κ1) is 12.4. The minimum absolute atomic E-state index is 0.0644. The summed E-state index contributed by atoms with van der Waals surface area (Å²) < 4.78 is 40.2. The Kier molecular flexibility index (Phi) is 2.93. The molecule has 0 radical (unpaired) electrons. The molecule has 0 saturated carbocycles. The van der Waals surface area contributed by atoms with Gasteiger partial charge < -0.3 is 5.32 Å². The molecule has 2 aromatic heterocycles. The fraction of sp³-hybridized carbons (Fsp3) is 0.500. The molecule has 0 bridgehead atoms. The number of fused-ring (bicyclic) bond motifs is 1. The van der Waals surface area contributed by atoms with Crippen molar-refractivity contribution in [1.82, 2.24) is 19.7 Å². The van der Waals surface area contributed by atoms with Crippen LogP contribution >= 0.6 is 0 Å². The van der Waals surface area contributed by atoms with Gasteiger partial charge in [-0.25, -0.2) is 9.97 Å². The summed E-state index contributed by atoms with van der Waals surface area (Å²) in [6, 6.07) is 1.15. The molecule has 1 aliphatic heterocycles. The zero-order chi connectivity index (χ0) is 13.5. The van der Waals surface area contributed by atoms with Crippen molar-refractivity contribution >= 4 is 5.78 Å². The fourth-order valence-corrected chi connectivity index (χ4v) is 2.49. The van der Waals surface area contributed by atoms with E-state index < -0.39 is 11.9 Å². The van der Waals surface area contributed by atoms with Crippen molar-refractivity contribution in [2.75, 3.05) is 13.1 Å². The molecule has 1 saturated heterocycles. The number of nitrogens with zero attached hydrogens (tertiary/aromatic N) is 3. The van der Waals surface area contributed by atoms with Crippen molar-refractivity contribution < 1.29 is 13.2 Å². The molecular weight excluding hydrogens is 257 g/mol. The number of hydrogen-bond acceptors (Lipinski definition) is 3. The number of hydrogen-bond donors (Lipinski definition) is 1. The summed E-state index contributed by atoms with van der Waals surface area (Å²) in [6.45, 7) is 1.61. The molecule has 0 aromatic carbocycles. The molecule has 0 aliphatic carbocycles. The lowest BCUT2D eigenvalue weighted by Crippen LogP contribution is -2.29. The van der Waals surface area contributed by atoms with Crippen molar-refractivity contribution in [3.63, 3.8) is 0 Å². The quantitative estimate of drug-likeness (QED) is 0.864. The molecule has 19 heavy (non-hydrogen) atoms. The van der Waals surface area contributed by atoms with Crippen LogP contribution in [0.15, 0.2) is 18.5 Å². The topological polar surface area (TPSA) is 42.2 Å². The molecule has 1 atom stereocenters. The maximum absolute atomic E-state index is 12.9. The van der Waals surface area contributed by atoms with Gasteiger partial charge in [-0.05, 0) is 25.5 Å². The first-order valence-electron chi connectivity index (χ1n) is 6.17. The maximum Gasteiger partial charge on any atom is 0.433 e. The first-order chi connectivity index (χ1) is 9.05. The van der Waals surface area contributed by atoms with Crippen molar-refractivity contribution in [2.45, 2.75) is 24.9 Å². The van der Waals surface area contributed by atoms with Crippen molar-refractivity contribution in [3.8, 4) is 0 Å². The number of nitrogens with one attached hydrogen (secondary N) is 1. The highest BCUT2D eigenvalue weighted by atomic mass is 19.4. The highest BCUT2D eigenvalue weighted by molar-refractivity contribution is 5.35. The summed E-state index contributed by atoms with van der Waals surface area (Å²) in [5, 5.41) is 3.21. The van der Waals surface area contributed by atoms with Crippen LogP contribution in [0.4, 0.5) is 13.2 Å². The first-order valence-corrected chi connectivity index (χ1v) is 6.17. The number of halogens is 3. The Morgan fingerprint density at radius 3 is 2.89 bits per heavy atom. The summed E-state index contributed by atoms with van der Waals surface area (Å²) >= 11 is 0. The second kappa shape index (κ2) is 4.48. The zero-order valence-electron chi connectivity index (χ0n) is 10.1. The van der Waals surface area contributed by atoms with Gasteiger partial charge in [-0.1, -0.05) is 0 Å². The Morgan fingerprint density at radius 2 is 2.21 bits per heavy atom. The second-order valence-corrected chi connectivity index (χ2v) is 4.70. The van der Waals surface area contributed by atoms with Gasteiger partial charge in [0, 0.05) is 30.6 Å². The van der Waals surface area contributed by atoms with Crippen LogP contribution in [-0.2, 0) is 6.18 Å². The van der Waals surface area contributed by atoms with Gasteiger partial charge in [-0.2, -0.15) is 13.2 Å². The molecule has 102 valence electrons. The van der Waals surface area contributed by atoms with Gasteiger partial charge in [0.25, 0.3) is 0 Å². The maximum atomic E-state index is 12.9. The predicted molar refractivity (Wildman–Crippen MR) is 62.8 cm³/mol. The summed E-state index contributed by atoms with van der Waals surface area (Å²) in [6.07, 6.45) is 0.533. The average molecular weight is 270 g/mol. The number of rotatable bonds is 1. The normalized spacial score (nSPS) is 20.9. The van der Waals surface area contributed by atoms with E-state index in [2.05, 4.69) is 15.3 Å². The largest absolute Gasteiger partial charge is 0.433 e. The van der Waals surface area contributed by atoms with Crippen LogP contribution in [0.25, 0.3) is 5.78 Å². The number of piperidine rings is 1. The summed E-state index contributed by atoms with van der Waals surface area (Å²) in [5.41, 5.74) is -0.242. The molecule has 1 N–H and O–H groups in total. The molecule has 3 heterocycles. The van der Waals surface area contributed by atoms with Crippen LogP contribution < -0.4 is 5.32 Å². The summed E-state index contributed by atoms with van der Waals surface area (Å²) in [4.78, 5) is 7.45. The molecule has 0 unspecified atom stereocenters. The SMILES string of the molecule is FC(F)(F)c1cc([C@@H]2CCCNC2)n2ccnc2n1. The second-order valence-electron chi connectivity index (χ2n) is 4.70. The molecule has 4 nitrogen and oxygen atoms in total. The molecule has 3 rings (SSSR count). The molecule has 1 aliphatic rings. The smallest absolute Gasteiger partial charge is 0.316 e. The van der Waals surface area contributed by atoms with Gasteiger partial charge in [-0.3, -0.25) is 4.40 Å². The van der Waals surface area contributed by atoms with E-state index in [0.717, 1.165) is 25.5 Å². The molecule has 0 amide bonds. The van der Waals surface area contributed by atoms with E-state index >= 15 is 0 Å². The Hall–Kier alpha value is -1.63. The third-order valence-corrected chi connectivity index (χ3v) is 3.41. The van der Waals surface area contributed by atoms with Gasteiger partial charge in [-0.15, -0.1) is 0 Å². The van der Waals surface area contributed by atoms with Crippen LogP contribution in [0.3, 0.4) is 0 Å². The number of aromatic nitrogens is 3. The van der Waals surface area contributed by atoms with Crippen molar-refractivity contribution in [3.05, 3.63) is 29.8 Å². The zero-order valence-corrected chi connectivity index (χ0v) is 10.1. The van der Waals surface area contributed by atoms with Crippen LogP contribution in [0.1, 0.15) is 30.1 Å². The van der Waals surface area contributed by atoms with E-state index in [9.17, 15) is 13.2 Å². The molecular formula is C12H13F3N4. The Balaban J connectivity index is 2.12. The van der Waals surface area contributed by atoms with Crippen LogP contribution in [0.5, 0.6) is 0 Å². The summed E-state index contributed by atoms with van der Waals surface area (Å²) in [7, 11) is 0. The van der Waals surface area contributed by atoms with Crippen LogP contribution in [0, 0.1) is 0 Å². The fourth-order valence-electron chi connectivity index (χ4n) is 2.49. The van der Waals surface area contributed by atoms with Gasteiger partial charge in [0.15, 0.2) is 0 Å². The van der Waals surface area contributed by atoms with Crippen LogP contribution in [0.2, 0.25) is 0 Å². The van der Waals surface area contributed by atoms with Crippen molar-refractivity contribution in [1.29, 1.82) is 0 Å². The van der Waals surface area contributed by atoms with E-state index in [1.54, 1.807) is 10.6 Å². The van der Waals surface area contributed by atoms with E-state index in [0.29, 0.717) is 12.2 Å². The standard InChI is InChI=1S/C12H13F3N4/c13-12(14,15)10-6-9(8-2-1-3-16-7-8)19-5-4-17-11(19)18-10/h4-6,8,16H,1-3,7H2/t8-/m1/s1.